The lowest BCUT2D eigenvalue weighted by atomic mass is 10.1. The van der Waals surface area contributed by atoms with Gasteiger partial charge in [0.25, 0.3) is 0 Å². The highest BCUT2D eigenvalue weighted by Gasteiger charge is 2.07. The molecule has 5 heteroatoms. The maximum absolute atomic E-state index is 10.8. The van der Waals surface area contributed by atoms with Crippen molar-refractivity contribution in [3.63, 3.8) is 0 Å². The number of methoxy groups -OCH3 is 1. The van der Waals surface area contributed by atoms with E-state index in [-0.39, 0.29) is 6.04 Å². The number of ether oxygens (including phenoxy) is 1. The van der Waals surface area contributed by atoms with Gasteiger partial charge in [0.2, 0.25) is 0 Å². The number of hydrogen-bond acceptors (Lipinski definition) is 3. The Labute approximate surface area is 96.9 Å². The van der Waals surface area contributed by atoms with Crippen LogP contribution in [0.15, 0.2) is 28.7 Å². The molecule has 0 bridgehead atoms. The Morgan fingerprint density at radius 3 is 3.00 bits per heavy atom. The lowest BCUT2D eigenvalue weighted by Crippen LogP contribution is -2.31. The van der Waals surface area contributed by atoms with Gasteiger partial charge in [-0.1, -0.05) is 28.1 Å². The molecule has 0 aliphatic heterocycles. The molecule has 1 aromatic carbocycles. The van der Waals surface area contributed by atoms with Crippen molar-refractivity contribution in [2.45, 2.75) is 6.04 Å². The van der Waals surface area contributed by atoms with Gasteiger partial charge >= 0.3 is 6.09 Å². The number of alkyl carbamates (subject to hydrolysis) is 1. The fourth-order valence-electron chi connectivity index (χ4n) is 1.12. The molecule has 0 saturated heterocycles. The van der Waals surface area contributed by atoms with Gasteiger partial charge in [-0.3, -0.25) is 0 Å². The van der Waals surface area contributed by atoms with Gasteiger partial charge in [0.15, 0.2) is 0 Å². The third-order valence-corrected chi connectivity index (χ3v) is 2.42. The summed E-state index contributed by atoms with van der Waals surface area (Å²) in [5.41, 5.74) is 6.83. The number of nitrogens with two attached hydrogens (primary N) is 1. The van der Waals surface area contributed by atoms with Crippen LogP contribution in [-0.4, -0.2) is 19.7 Å². The van der Waals surface area contributed by atoms with E-state index in [4.69, 9.17) is 5.73 Å². The van der Waals surface area contributed by atoms with E-state index in [0.29, 0.717) is 6.54 Å². The number of carbonyl (C=O) groups is 1. The topological polar surface area (TPSA) is 64.3 Å². The fourth-order valence-corrected chi connectivity index (χ4v) is 1.54. The molecular formula is C10H13BrN2O2. The summed E-state index contributed by atoms with van der Waals surface area (Å²) in [6.45, 7) is 0.350. The van der Waals surface area contributed by atoms with Crippen molar-refractivity contribution in [2.75, 3.05) is 13.7 Å². The van der Waals surface area contributed by atoms with Crippen LogP contribution in [0.1, 0.15) is 11.6 Å². The zero-order valence-corrected chi connectivity index (χ0v) is 9.95. The van der Waals surface area contributed by atoms with Crippen LogP contribution in [0, 0.1) is 0 Å². The van der Waals surface area contributed by atoms with Crippen molar-refractivity contribution >= 4 is 22.0 Å². The number of rotatable bonds is 3. The summed E-state index contributed by atoms with van der Waals surface area (Å²) >= 11 is 3.36. The molecule has 4 nitrogen and oxygen atoms in total. The standard InChI is InChI=1S/C10H13BrN2O2/c1-15-10(14)13-6-9(12)7-3-2-4-8(11)5-7/h2-5,9H,6,12H2,1H3,(H,13,14)/t9-/m1/s1. The molecule has 1 aromatic rings. The molecular weight excluding hydrogens is 260 g/mol. The molecule has 0 fully saturated rings. The van der Waals surface area contributed by atoms with E-state index >= 15 is 0 Å². The van der Waals surface area contributed by atoms with Gasteiger partial charge in [-0.2, -0.15) is 0 Å². The molecule has 0 heterocycles. The van der Waals surface area contributed by atoms with Gasteiger partial charge < -0.3 is 15.8 Å². The summed E-state index contributed by atoms with van der Waals surface area (Å²) in [6.07, 6.45) is -0.472. The van der Waals surface area contributed by atoms with E-state index in [2.05, 4.69) is 26.0 Å². The van der Waals surface area contributed by atoms with Crippen molar-refractivity contribution in [3.05, 3.63) is 34.3 Å². The number of hydrogen-bond donors (Lipinski definition) is 2. The molecule has 0 saturated carbocycles. The first-order chi connectivity index (χ1) is 7.13. The largest absolute Gasteiger partial charge is 0.453 e. The zero-order valence-electron chi connectivity index (χ0n) is 8.37. The lowest BCUT2D eigenvalue weighted by molar-refractivity contribution is 0.170. The molecule has 0 aromatic heterocycles. The second kappa shape index (κ2) is 5.72. The average Bonchev–Trinajstić information content (AvgIpc) is 2.25. The van der Waals surface area contributed by atoms with Crippen LogP contribution in [0.4, 0.5) is 4.79 Å². The second-order valence-corrected chi connectivity index (χ2v) is 3.95. The highest BCUT2D eigenvalue weighted by atomic mass is 79.9. The van der Waals surface area contributed by atoms with Gasteiger partial charge in [0.05, 0.1) is 7.11 Å². The molecule has 0 aliphatic rings. The Hall–Kier alpha value is -1.07. The SMILES string of the molecule is COC(=O)NC[C@@H](N)c1cccc(Br)c1. The van der Waals surface area contributed by atoms with E-state index in [9.17, 15) is 4.79 Å². The molecule has 82 valence electrons. The Balaban J connectivity index is 2.53. The second-order valence-electron chi connectivity index (χ2n) is 3.03. The van der Waals surface area contributed by atoms with Crippen molar-refractivity contribution in [1.29, 1.82) is 0 Å². The summed E-state index contributed by atoms with van der Waals surface area (Å²) in [4.78, 5) is 10.8. The quantitative estimate of drug-likeness (QED) is 0.882. The summed E-state index contributed by atoms with van der Waals surface area (Å²) in [7, 11) is 1.32. The fraction of sp³-hybridized carbons (Fsp3) is 0.300. The van der Waals surface area contributed by atoms with Gasteiger partial charge in [-0.15, -0.1) is 0 Å². The predicted octanol–water partition coefficient (Wildman–Crippen LogP) is 1.80. The van der Waals surface area contributed by atoms with Crippen LogP contribution in [-0.2, 0) is 4.74 Å². The summed E-state index contributed by atoms with van der Waals surface area (Å²) in [5.74, 6) is 0. The van der Waals surface area contributed by atoms with E-state index in [1.165, 1.54) is 7.11 Å². The first kappa shape index (κ1) is 12.0. The first-order valence-electron chi connectivity index (χ1n) is 4.46. The van der Waals surface area contributed by atoms with Crippen LogP contribution >= 0.6 is 15.9 Å². The Kier molecular flexibility index (Phi) is 4.58. The highest BCUT2D eigenvalue weighted by molar-refractivity contribution is 9.10. The van der Waals surface area contributed by atoms with Crippen LogP contribution in [0.25, 0.3) is 0 Å². The smallest absolute Gasteiger partial charge is 0.406 e. The molecule has 3 N–H and O–H groups in total. The molecule has 1 amide bonds. The maximum atomic E-state index is 10.8. The number of benzene rings is 1. The van der Waals surface area contributed by atoms with Crippen LogP contribution in [0.2, 0.25) is 0 Å². The van der Waals surface area contributed by atoms with Crippen LogP contribution in [0.5, 0.6) is 0 Å². The summed E-state index contributed by atoms with van der Waals surface area (Å²) in [5, 5.41) is 2.55. The third-order valence-electron chi connectivity index (χ3n) is 1.93. The van der Waals surface area contributed by atoms with Crippen molar-refractivity contribution in [2.24, 2.45) is 5.73 Å². The van der Waals surface area contributed by atoms with E-state index in [1.54, 1.807) is 0 Å². The van der Waals surface area contributed by atoms with Gasteiger partial charge in [-0.05, 0) is 17.7 Å². The van der Waals surface area contributed by atoms with Crippen LogP contribution < -0.4 is 11.1 Å². The number of carbonyl (C=O) groups excluding carboxylic acids is 1. The predicted molar refractivity (Wildman–Crippen MR) is 61.5 cm³/mol. The molecule has 15 heavy (non-hydrogen) atoms. The Morgan fingerprint density at radius 1 is 1.67 bits per heavy atom. The van der Waals surface area contributed by atoms with E-state index < -0.39 is 6.09 Å². The summed E-state index contributed by atoms with van der Waals surface area (Å²) in [6, 6.07) is 7.42. The maximum Gasteiger partial charge on any atom is 0.406 e. The van der Waals surface area contributed by atoms with Crippen molar-refractivity contribution in [3.8, 4) is 0 Å². The minimum Gasteiger partial charge on any atom is -0.453 e. The lowest BCUT2D eigenvalue weighted by Gasteiger charge is -2.12. The van der Waals surface area contributed by atoms with Gasteiger partial charge in [0, 0.05) is 17.1 Å². The Bertz CT molecular complexity index is 344. The minimum absolute atomic E-state index is 0.235. The molecule has 0 unspecified atom stereocenters. The third kappa shape index (κ3) is 3.89. The van der Waals surface area contributed by atoms with Crippen LogP contribution in [0.3, 0.4) is 0 Å². The molecule has 0 spiro atoms. The van der Waals surface area contributed by atoms with Crippen molar-refractivity contribution < 1.29 is 9.53 Å². The minimum atomic E-state index is -0.472. The molecule has 0 aliphatic carbocycles. The number of halogens is 1. The monoisotopic (exact) mass is 272 g/mol. The molecule has 0 radical (unpaired) electrons. The number of nitrogens with one attached hydrogen (secondary N) is 1. The average molecular weight is 273 g/mol. The summed E-state index contributed by atoms with van der Waals surface area (Å²) < 4.78 is 5.41. The zero-order chi connectivity index (χ0) is 11.3. The highest BCUT2D eigenvalue weighted by Crippen LogP contribution is 2.15. The first-order valence-corrected chi connectivity index (χ1v) is 5.25. The van der Waals surface area contributed by atoms with Crippen molar-refractivity contribution in [1.82, 2.24) is 5.32 Å². The normalized spacial score (nSPS) is 11.9. The molecule has 1 atom stereocenters. The van der Waals surface area contributed by atoms with E-state index in [1.807, 2.05) is 24.3 Å². The van der Waals surface area contributed by atoms with Gasteiger partial charge in [0.1, 0.15) is 0 Å². The molecule has 1 rings (SSSR count). The van der Waals surface area contributed by atoms with Gasteiger partial charge in [-0.25, -0.2) is 4.79 Å². The Morgan fingerprint density at radius 2 is 2.40 bits per heavy atom. The number of amides is 1. The van der Waals surface area contributed by atoms with E-state index in [0.717, 1.165) is 10.0 Å².